The van der Waals surface area contributed by atoms with Crippen LogP contribution >= 0.6 is 11.8 Å². The maximum absolute atomic E-state index is 12.6. The lowest BCUT2D eigenvalue weighted by Crippen LogP contribution is -2.26. The smallest absolute Gasteiger partial charge is 0.319 e. The number of benzene rings is 2. The Balaban J connectivity index is 1.51. The Morgan fingerprint density at radius 1 is 1.00 bits per heavy atom. The van der Waals surface area contributed by atoms with E-state index in [-0.39, 0.29) is 17.1 Å². The molecular weight excluding hydrogens is 476 g/mol. The summed E-state index contributed by atoms with van der Waals surface area (Å²) < 4.78 is 6.85. The number of rotatable bonds is 9. The number of carbonyl (C=O) groups is 3. The molecule has 0 fully saturated rings. The average molecular weight is 509 g/mol. The van der Waals surface area contributed by atoms with E-state index in [1.54, 1.807) is 11.6 Å². The van der Waals surface area contributed by atoms with Gasteiger partial charge in [0, 0.05) is 17.2 Å². The lowest BCUT2D eigenvalue weighted by atomic mass is 9.92. The Labute approximate surface area is 215 Å². The molecule has 0 saturated carbocycles. The molecule has 2 amide bonds. The van der Waals surface area contributed by atoms with Crippen molar-refractivity contribution in [3.8, 4) is 5.69 Å². The molecule has 1 aromatic heterocycles. The molecule has 36 heavy (non-hydrogen) atoms. The van der Waals surface area contributed by atoms with Crippen molar-refractivity contribution >= 4 is 41.1 Å². The molecule has 8 nitrogen and oxygen atoms in total. The first-order valence-electron chi connectivity index (χ1n) is 11.6. The highest BCUT2D eigenvalue weighted by atomic mass is 32.2. The number of amides is 2. The minimum atomic E-state index is -0.607. The highest BCUT2D eigenvalue weighted by molar-refractivity contribution is 8.01. The van der Waals surface area contributed by atoms with Crippen LogP contribution in [-0.4, -0.2) is 45.2 Å². The number of thioether (sulfide) groups is 1. The molecule has 9 heteroatoms. The summed E-state index contributed by atoms with van der Waals surface area (Å²) in [5.74, 6) is -0.685. The lowest BCUT2D eigenvalue weighted by Gasteiger charge is -2.14. The van der Waals surface area contributed by atoms with Gasteiger partial charge in [0.25, 0.3) is 5.91 Å². The highest BCUT2D eigenvalue weighted by Gasteiger charge is 2.22. The Bertz CT molecular complexity index is 1200. The molecule has 3 aromatic rings. The van der Waals surface area contributed by atoms with Crippen LogP contribution in [0.2, 0.25) is 0 Å². The van der Waals surface area contributed by atoms with E-state index in [0.29, 0.717) is 11.5 Å². The Morgan fingerprint density at radius 3 is 2.31 bits per heavy atom. The first-order valence-corrected chi connectivity index (χ1v) is 12.7. The van der Waals surface area contributed by atoms with E-state index in [9.17, 15) is 14.4 Å². The van der Waals surface area contributed by atoms with Crippen LogP contribution in [0.5, 0.6) is 0 Å². The number of para-hydroxylation sites is 1. The van der Waals surface area contributed by atoms with E-state index < -0.39 is 23.7 Å². The second-order valence-electron chi connectivity index (χ2n) is 9.44. The topological polar surface area (TPSA) is 102 Å². The maximum atomic E-state index is 12.6. The van der Waals surface area contributed by atoms with E-state index in [0.717, 1.165) is 28.7 Å². The molecule has 0 radical (unpaired) electrons. The van der Waals surface area contributed by atoms with Gasteiger partial charge >= 0.3 is 5.97 Å². The van der Waals surface area contributed by atoms with Crippen molar-refractivity contribution in [3.05, 3.63) is 71.9 Å². The van der Waals surface area contributed by atoms with E-state index in [1.807, 2.05) is 88.4 Å². The lowest BCUT2D eigenvalue weighted by molar-refractivity contribution is -0.146. The number of ether oxygens (including phenoxy) is 1. The van der Waals surface area contributed by atoms with Gasteiger partial charge in [-0.15, -0.1) is 11.8 Å². The van der Waals surface area contributed by atoms with Gasteiger partial charge in [-0.05, 0) is 38.1 Å². The van der Waals surface area contributed by atoms with Gasteiger partial charge in [-0.3, -0.25) is 14.4 Å². The molecule has 1 heterocycles. The third kappa shape index (κ3) is 7.71. The molecule has 190 valence electrons. The van der Waals surface area contributed by atoms with Crippen molar-refractivity contribution in [2.24, 2.45) is 0 Å². The molecular formula is C27H32N4O4S. The van der Waals surface area contributed by atoms with Crippen molar-refractivity contribution < 1.29 is 19.1 Å². The minimum absolute atomic E-state index is 0.0855. The van der Waals surface area contributed by atoms with Gasteiger partial charge in [-0.2, -0.15) is 5.10 Å². The normalized spacial score (nSPS) is 12.0. The van der Waals surface area contributed by atoms with Gasteiger partial charge in [-0.1, -0.05) is 56.7 Å². The molecule has 0 spiro atoms. The van der Waals surface area contributed by atoms with Gasteiger partial charge in [0.2, 0.25) is 5.91 Å². The molecule has 3 rings (SSSR count). The van der Waals surface area contributed by atoms with Crippen molar-refractivity contribution in [2.45, 2.75) is 45.3 Å². The van der Waals surface area contributed by atoms with Gasteiger partial charge in [-0.25, -0.2) is 4.68 Å². The first kappa shape index (κ1) is 27.0. The second kappa shape index (κ2) is 11.9. The molecule has 0 bridgehead atoms. The van der Waals surface area contributed by atoms with Gasteiger partial charge in [0.15, 0.2) is 6.61 Å². The fourth-order valence-electron chi connectivity index (χ4n) is 3.14. The summed E-state index contributed by atoms with van der Waals surface area (Å²) in [5.41, 5.74) is 3.19. The standard InChI is InChI=1S/C27H32N4O4S/c1-18-11-13-20(14-12-18)28-25(33)17-36-19(2)26(34)35-16-24(32)29-23-15-22(27(3,4)5)30-31(23)21-9-7-6-8-10-21/h6-15,19H,16-17H2,1-5H3,(H,28,33)(H,29,32)/t19-/m0/s1. The third-order valence-corrected chi connectivity index (χ3v) is 6.34. The SMILES string of the molecule is Cc1ccc(NC(=O)CS[C@@H](C)C(=O)OCC(=O)Nc2cc(C(C)(C)C)nn2-c2ccccc2)cc1. The van der Waals surface area contributed by atoms with Gasteiger partial charge in [0.1, 0.15) is 11.1 Å². The monoisotopic (exact) mass is 508 g/mol. The van der Waals surface area contributed by atoms with Crippen LogP contribution in [0.15, 0.2) is 60.7 Å². The molecule has 0 aliphatic heterocycles. The van der Waals surface area contributed by atoms with Crippen LogP contribution in [0.25, 0.3) is 5.69 Å². The largest absolute Gasteiger partial charge is 0.455 e. The number of aromatic nitrogens is 2. The summed E-state index contributed by atoms with van der Waals surface area (Å²) in [6, 6.07) is 18.7. The number of carbonyl (C=O) groups excluding carboxylic acids is 3. The fourth-order valence-corrected chi connectivity index (χ4v) is 3.82. The van der Waals surface area contributed by atoms with Crippen molar-refractivity contribution in [3.63, 3.8) is 0 Å². The van der Waals surface area contributed by atoms with Crippen LogP contribution < -0.4 is 10.6 Å². The molecule has 0 saturated heterocycles. The van der Waals surface area contributed by atoms with Crippen LogP contribution in [0.3, 0.4) is 0 Å². The highest BCUT2D eigenvalue weighted by Crippen LogP contribution is 2.26. The molecule has 0 unspecified atom stereocenters. The summed E-state index contributed by atoms with van der Waals surface area (Å²) >= 11 is 1.14. The van der Waals surface area contributed by atoms with E-state index >= 15 is 0 Å². The number of aryl methyl sites for hydroxylation is 1. The number of anilines is 2. The number of esters is 1. The summed E-state index contributed by atoms with van der Waals surface area (Å²) in [4.78, 5) is 37.1. The zero-order valence-corrected chi connectivity index (χ0v) is 22.0. The maximum Gasteiger partial charge on any atom is 0.319 e. The summed E-state index contributed by atoms with van der Waals surface area (Å²) in [6.45, 7) is 9.29. The van der Waals surface area contributed by atoms with Crippen LogP contribution in [0.4, 0.5) is 11.5 Å². The summed E-state index contributed by atoms with van der Waals surface area (Å²) in [6.07, 6.45) is 0. The zero-order chi connectivity index (χ0) is 26.3. The Morgan fingerprint density at radius 2 is 1.67 bits per heavy atom. The van der Waals surface area contributed by atoms with Crippen LogP contribution in [-0.2, 0) is 24.5 Å². The summed E-state index contributed by atoms with van der Waals surface area (Å²) in [5, 5.41) is 9.63. The minimum Gasteiger partial charge on any atom is -0.455 e. The van der Waals surface area contributed by atoms with Crippen LogP contribution in [0, 0.1) is 6.92 Å². The third-order valence-electron chi connectivity index (χ3n) is 5.22. The van der Waals surface area contributed by atoms with E-state index in [1.165, 1.54) is 0 Å². The number of nitrogens with zero attached hydrogens (tertiary/aromatic N) is 2. The molecule has 0 aliphatic rings. The molecule has 2 N–H and O–H groups in total. The van der Waals surface area contributed by atoms with Crippen molar-refractivity contribution in [2.75, 3.05) is 23.0 Å². The number of nitrogens with one attached hydrogen (secondary N) is 2. The average Bonchev–Trinajstić information content (AvgIpc) is 3.27. The molecule has 1 atom stereocenters. The van der Waals surface area contributed by atoms with Crippen molar-refractivity contribution in [1.82, 2.24) is 9.78 Å². The fraction of sp³-hybridized carbons (Fsp3) is 0.333. The Hall–Kier alpha value is -3.59. The molecule has 2 aromatic carbocycles. The van der Waals surface area contributed by atoms with Crippen molar-refractivity contribution in [1.29, 1.82) is 0 Å². The predicted molar refractivity (Wildman–Crippen MR) is 144 cm³/mol. The summed E-state index contributed by atoms with van der Waals surface area (Å²) in [7, 11) is 0. The first-order chi connectivity index (χ1) is 17.0. The predicted octanol–water partition coefficient (Wildman–Crippen LogP) is 4.72. The van der Waals surface area contributed by atoms with Gasteiger partial charge in [0.05, 0.1) is 17.1 Å². The van der Waals surface area contributed by atoms with E-state index in [4.69, 9.17) is 4.74 Å². The number of hydrogen-bond donors (Lipinski definition) is 2. The Kier molecular flexibility index (Phi) is 8.93. The zero-order valence-electron chi connectivity index (χ0n) is 21.2. The second-order valence-corrected chi connectivity index (χ2v) is 10.8. The molecule has 0 aliphatic carbocycles. The van der Waals surface area contributed by atoms with Gasteiger partial charge < -0.3 is 15.4 Å². The number of hydrogen-bond acceptors (Lipinski definition) is 6. The van der Waals surface area contributed by atoms with E-state index in [2.05, 4.69) is 15.7 Å². The van der Waals surface area contributed by atoms with Crippen LogP contribution in [0.1, 0.15) is 39.0 Å². The quantitative estimate of drug-likeness (QED) is 0.406.